The van der Waals surface area contributed by atoms with Crippen molar-refractivity contribution in [1.29, 1.82) is 0 Å². The molecule has 1 N–H and O–H groups in total. The molecule has 0 atom stereocenters. The van der Waals surface area contributed by atoms with Gasteiger partial charge in [-0.05, 0) is 18.2 Å². The summed E-state index contributed by atoms with van der Waals surface area (Å²) in [5, 5.41) is 24.3. The smallest absolute Gasteiger partial charge is 0.353 e. The van der Waals surface area contributed by atoms with Gasteiger partial charge in [0.2, 0.25) is 0 Å². The van der Waals surface area contributed by atoms with Crippen LogP contribution in [-0.2, 0) is 0 Å². The highest BCUT2D eigenvalue weighted by atomic mass is 35.5. The van der Waals surface area contributed by atoms with E-state index in [9.17, 15) is 33.4 Å². The Hall–Kier alpha value is -2.04. The first-order valence-corrected chi connectivity index (χ1v) is 7.73. The first-order valence-electron chi connectivity index (χ1n) is 6.59. The van der Waals surface area contributed by atoms with Crippen LogP contribution >= 0.6 is 34.8 Å². The van der Waals surface area contributed by atoms with Crippen molar-refractivity contribution in [3.8, 4) is 0 Å². The van der Waals surface area contributed by atoms with Crippen molar-refractivity contribution in [2.24, 2.45) is 0 Å². The fourth-order valence-corrected chi connectivity index (χ4v) is 3.11. The summed E-state index contributed by atoms with van der Waals surface area (Å²) in [5.74, 6) is 0. The molecular formula is C13H7Cl3F3N3O4. The number of anilines is 1. The number of allylic oxidation sites excluding steroid dienone is 1. The summed E-state index contributed by atoms with van der Waals surface area (Å²) in [6.45, 7) is 0. The third-order valence-electron chi connectivity index (χ3n) is 3.48. The molecule has 0 aliphatic heterocycles. The Kier molecular flexibility index (Phi) is 5.41. The maximum Gasteiger partial charge on any atom is 0.482 e. The van der Waals surface area contributed by atoms with Crippen LogP contribution in [0.15, 0.2) is 35.6 Å². The number of benzene rings is 1. The standard InChI is InChI=1S/C13H7Cl3F3N3O4/c14-6-3-8(15)11(9(16)4-6)20-10-1-2-12(21(23)24,22(25)26)5-7(10)13(17,18)19/h1,3-5,20H,2H2. The number of nitro groups is 2. The van der Waals surface area contributed by atoms with Crippen LogP contribution in [0.4, 0.5) is 18.9 Å². The van der Waals surface area contributed by atoms with Gasteiger partial charge in [0.05, 0.1) is 27.4 Å². The van der Waals surface area contributed by atoms with Crippen LogP contribution in [0.2, 0.25) is 15.1 Å². The zero-order valence-corrected chi connectivity index (χ0v) is 14.6. The van der Waals surface area contributed by atoms with Crippen molar-refractivity contribution < 1.29 is 23.0 Å². The molecule has 13 heteroatoms. The molecule has 2 rings (SSSR count). The van der Waals surface area contributed by atoms with Gasteiger partial charge in [-0.3, -0.25) is 20.2 Å². The van der Waals surface area contributed by atoms with E-state index in [1.807, 2.05) is 0 Å². The highest BCUT2D eigenvalue weighted by Gasteiger charge is 2.58. The van der Waals surface area contributed by atoms with Crippen molar-refractivity contribution in [2.45, 2.75) is 18.3 Å². The van der Waals surface area contributed by atoms with E-state index in [-0.39, 0.29) is 26.8 Å². The maximum atomic E-state index is 13.3. The van der Waals surface area contributed by atoms with E-state index in [1.165, 1.54) is 12.1 Å². The molecule has 1 aromatic carbocycles. The fraction of sp³-hybridized carbons (Fsp3) is 0.231. The fourth-order valence-electron chi connectivity index (χ4n) is 2.20. The molecule has 0 aromatic heterocycles. The molecule has 0 saturated carbocycles. The summed E-state index contributed by atoms with van der Waals surface area (Å²) in [7, 11) is 0. The molecule has 0 unspecified atom stereocenters. The second-order valence-corrected chi connectivity index (χ2v) is 6.39. The lowest BCUT2D eigenvalue weighted by Gasteiger charge is -2.24. The number of alkyl halides is 3. The third kappa shape index (κ3) is 3.71. The second-order valence-electron chi connectivity index (χ2n) is 5.14. The van der Waals surface area contributed by atoms with Crippen LogP contribution in [0.1, 0.15) is 6.42 Å². The number of nitrogens with zero attached hydrogens (tertiary/aromatic N) is 2. The van der Waals surface area contributed by atoms with E-state index in [2.05, 4.69) is 5.32 Å². The number of hydrogen-bond donors (Lipinski definition) is 1. The van der Waals surface area contributed by atoms with Gasteiger partial charge in [0.15, 0.2) is 0 Å². The Balaban J connectivity index is 2.54. The molecular weight excluding hydrogens is 426 g/mol. The van der Waals surface area contributed by atoms with Gasteiger partial charge < -0.3 is 5.32 Å². The first kappa shape index (κ1) is 20.3. The first-order chi connectivity index (χ1) is 11.9. The third-order valence-corrected chi connectivity index (χ3v) is 4.29. The lowest BCUT2D eigenvalue weighted by Crippen LogP contribution is -2.46. The Bertz CT molecular complexity index is 818. The lowest BCUT2D eigenvalue weighted by molar-refractivity contribution is -0.780. The summed E-state index contributed by atoms with van der Waals surface area (Å²) >= 11 is 17.5. The molecule has 140 valence electrons. The van der Waals surface area contributed by atoms with E-state index in [0.717, 1.165) is 0 Å². The predicted molar refractivity (Wildman–Crippen MR) is 88.7 cm³/mol. The van der Waals surface area contributed by atoms with E-state index < -0.39 is 39.4 Å². The second kappa shape index (κ2) is 6.93. The summed E-state index contributed by atoms with van der Waals surface area (Å²) in [4.78, 5) is 19.3. The summed E-state index contributed by atoms with van der Waals surface area (Å²) in [6, 6.07) is 2.44. The van der Waals surface area contributed by atoms with Crippen LogP contribution in [-0.4, -0.2) is 21.7 Å². The predicted octanol–water partition coefficient (Wildman–Crippen LogP) is 5.08. The van der Waals surface area contributed by atoms with E-state index in [0.29, 0.717) is 6.08 Å². The zero-order valence-electron chi connectivity index (χ0n) is 12.3. The Morgan fingerprint density at radius 1 is 1.08 bits per heavy atom. The summed E-state index contributed by atoms with van der Waals surface area (Å²) in [5.41, 5.74) is -5.49. The molecule has 0 heterocycles. The average molecular weight is 433 g/mol. The molecule has 0 amide bonds. The van der Waals surface area contributed by atoms with Crippen LogP contribution in [0.3, 0.4) is 0 Å². The molecule has 1 aliphatic rings. The van der Waals surface area contributed by atoms with Crippen molar-refractivity contribution in [3.63, 3.8) is 0 Å². The largest absolute Gasteiger partial charge is 0.482 e. The number of hydrogen-bond acceptors (Lipinski definition) is 5. The molecule has 0 spiro atoms. The van der Waals surface area contributed by atoms with Gasteiger partial charge in [-0.2, -0.15) is 13.2 Å². The monoisotopic (exact) mass is 431 g/mol. The van der Waals surface area contributed by atoms with Gasteiger partial charge in [-0.15, -0.1) is 0 Å². The minimum Gasteiger partial charge on any atom is -0.353 e. The van der Waals surface area contributed by atoms with Crippen LogP contribution in [0, 0.1) is 20.2 Å². The van der Waals surface area contributed by atoms with Crippen LogP contribution in [0.25, 0.3) is 0 Å². The molecule has 26 heavy (non-hydrogen) atoms. The highest BCUT2D eigenvalue weighted by Crippen LogP contribution is 2.41. The van der Waals surface area contributed by atoms with Crippen molar-refractivity contribution >= 4 is 40.5 Å². The van der Waals surface area contributed by atoms with Crippen molar-refractivity contribution in [3.05, 3.63) is 70.9 Å². The molecule has 0 radical (unpaired) electrons. The van der Waals surface area contributed by atoms with Gasteiger partial charge in [0, 0.05) is 10.7 Å². The average Bonchev–Trinajstić information content (AvgIpc) is 2.49. The van der Waals surface area contributed by atoms with Gasteiger partial charge in [0.25, 0.3) is 0 Å². The van der Waals surface area contributed by atoms with E-state index in [4.69, 9.17) is 34.8 Å². The van der Waals surface area contributed by atoms with Crippen molar-refractivity contribution in [1.82, 2.24) is 0 Å². The molecule has 0 saturated heterocycles. The lowest BCUT2D eigenvalue weighted by atomic mass is 9.94. The van der Waals surface area contributed by atoms with E-state index in [1.54, 1.807) is 0 Å². The molecule has 0 fully saturated rings. The van der Waals surface area contributed by atoms with E-state index >= 15 is 0 Å². The number of rotatable bonds is 4. The Morgan fingerprint density at radius 2 is 1.58 bits per heavy atom. The quantitative estimate of drug-likeness (QED) is 0.406. The van der Waals surface area contributed by atoms with Crippen LogP contribution in [0.5, 0.6) is 0 Å². The van der Waals surface area contributed by atoms with Gasteiger partial charge in [-0.1, -0.05) is 34.8 Å². The minimum absolute atomic E-state index is 0.0347. The normalized spacial score (nSPS) is 16.5. The van der Waals surface area contributed by atoms with Crippen LogP contribution < -0.4 is 5.32 Å². The minimum atomic E-state index is -5.11. The summed E-state index contributed by atoms with van der Waals surface area (Å²) in [6.07, 6.45) is -5.34. The Morgan fingerprint density at radius 3 is 2.00 bits per heavy atom. The zero-order chi connectivity index (χ0) is 19.9. The Labute approximate surface area is 158 Å². The number of halogens is 6. The molecule has 7 nitrogen and oxygen atoms in total. The summed E-state index contributed by atoms with van der Waals surface area (Å²) < 4.78 is 40.0. The molecule has 1 aromatic rings. The molecule has 0 bridgehead atoms. The van der Waals surface area contributed by atoms with Gasteiger partial charge >= 0.3 is 11.8 Å². The highest BCUT2D eigenvalue weighted by molar-refractivity contribution is 6.41. The molecule has 1 aliphatic carbocycles. The number of nitrogens with one attached hydrogen (secondary N) is 1. The van der Waals surface area contributed by atoms with Crippen molar-refractivity contribution in [2.75, 3.05) is 5.32 Å². The SMILES string of the molecule is O=[N+]([O-])C1([N+](=O)[O-])C=C(C(F)(F)F)C(Nc2c(Cl)cc(Cl)cc2Cl)=CC1. The van der Waals surface area contributed by atoms with Gasteiger partial charge in [-0.25, -0.2) is 0 Å². The van der Waals surface area contributed by atoms with Gasteiger partial charge in [0.1, 0.15) is 16.3 Å². The topological polar surface area (TPSA) is 98.3 Å². The maximum absolute atomic E-state index is 13.3.